The number of ether oxygens (including phenoxy) is 1. The van der Waals surface area contributed by atoms with Gasteiger partial charge >= 0.3 is 12.0 Å². The molecule has 2 heterocycles. The molecule has 196 valence electrons. The smallest absolute Gasteiger partial charge is 0.338 e. The van der Waals surface area contributed by atoms with Crippen molar-refractivity contribution in [2.75, 3.05) is 45.9 Å². The Bertz CT molecular complexity index is 1170. The summed E-state index contributed by atoms with van der Waals surface area (Å²) in [7, 11) is 0. The number of esters is 1. The standard InChI is InChI=1S/C28H33FN4O4/c1-3-33-23(19-31-14-9-15-32(17-16-31)26(34)20-10-6-5-7-11-20)24(27(35)37-4-2)25(30-28(33)36)21-12-8-13-22(29)18-21/h5-8,10-13,18,25H,3-4,9,14-17,19H2,1-2H3,(H,30,36). The normalized spacial score (nSPS) is 18.9. The zero-order chi connectivity index (χ0) is 26.4. The zero-order valence-corrected chi connectivity index (χ0v) is 21.3. The Hall–Kier alpha value is -3.72. The van der Waals surface area contributed by atoms with Crippen molar-refractivity contribution >= 4 is 17.9 Å². The summed E-state index contributed by atoms with van der Waals surface area (Å²) in [6.07, 6.45) is 0.756. The van der Waals surface area contributed by atoms with Gasteiger partial charge in [0.2, 0.25) is 0 Å². The highest BCUT2D eigenvalue weighted by Gasteiger charge is 2.38. The second kappa shape index (κ2) is 12.0. The molecule has 8 nitrogen and oxygen atoms in total. The van der Waals surface area contributed by atoms with Gasteiger partial charge in [0.05, 0.1) is 18.2 Å². The van der Waals surface area contributed by atoms with Crippen molar-refractivity contribution in [1.29, 1.82) is 0 Å². The highest BCUT2D eigenvalue weighted by atomic mass is 19.1. The number of hydrogen-bond acceptors (Lipinski definition) is 5. The Morgan fingerprint density at radius 1 is 1.03 bits per heavy atom. The van der Waals surface area contributed by atoms with Crippen molar-refractivity contribution in [2.24, 2.45) is 0 Å². The van der Waals surface area contributed by atoms with Crippen LogP contribution in [0, 0.1) is 5.82 Å². The number of hydrogen-bond donors (Lipinski definition) is 1. The van der Waals surface area contributed by atoms with E-state index in [0.29, 0.717) is 61.7 Å². The number of carbonyl (C=O) groups excluding carboxylic acids is 3. The molecule has 2 aromatic rings. The van der Waals surface area contributed by atoms with Crippen LogP contribution >= 0.6 is 0 Å². The van der Waals surface area contributed by atoms with Crippen LogP contribution in [0.25, 0.3) is 0 Å². The maximum Gasteiger partial charge on any atom is 0.338 e. The number of nitrogens with one attached hydrogen (secondary N) is 1. The van der Waals surface area contributed by atoms with Gasteiger partial charge in [-0.1, -0.05) is 30.3 Å². The van der Waals surface area contributed by atoms with Crippen LogP contribution < -0.4 is 5.32 Å². The number of likely N-dealkylation sites (N-methyl/N-ethyl adjacent to an activating group) is 1. The van der Waals surface area contributed by atoms with Gasteiger partial charge < -0.3 is 15.0 Å². The van der Waals surface area contributed by atoms with Crippen molar-refractivity contribution in [3.05, 3.63) is 82.8 Å². The molecular formula is C28H33FN4O4. The lowest BCUT2D eigenvalue weighted by Gasteiger charge is -2.38. The topological polar surface area (TPSA) is 82.2 Å². The molecule has 2 aliphatic rings. The van der Waals surface area contributed by atoms with Gasteiger partial charge in [-0.2, -0.15) is 0 Å². The Labute approximate surface area is 216 Å². The fourth-order valence-corrected chi connectivity index (χ4v) is 4.90. The third-order valence-corrected chi connectivity index (χ3v) is 6.70. The lowest BCUT2D eigenvalue weighted by molar-refractivity contribution is -0.139. The van der Waals surface area contributed by atoms with Crippen LogP contribution in [0.4, 0.5) is 9.18 Å². The molecule has 2 aromatic carbocycles. The molecule has 1 saturated heterocycles. The molecule has 4 rings (SSSR count). The number of halogens is 1. The summed E-state index contributed by atoms with van der Waals surface area (Å²) in [6.45, 7) is 6.85. The molecule has 37 heavy (non-hydrogen) atoms. The number of nitrogens with zero attached hydrogens (tertiary/aromatic N) is 3. The molecule has 1 atom stereocenters. The van der Waals surface area contributed by atoms with Crippen molar-refractivity contribution in [3.8, 4) is 0 Å². The molecule has 1 unspecified atom stereocenters. The van der Waals surface area contributed by atoms with E-state index in [4.69, 9.17) is 4.74 Å². The fourth-order valence-electron chi connectivity index (χ4n) is 4.90. The molecule has 3 amide bonds. The highest BCUT2D eigenvalue weighted by molar-refractivity contribution is 5.95. The van der Waals surface area contributed by atoms with Crippen LogP contribution in [-0.4, -0.2) is 78.5 Å². The van der Waals surface area contributed by atoms with E-state index in [1.54, 1.807) is 24.0 Å². The number of urea groups is 1. The van der Waals surface area contributed by atoms with Gasteiger partial charge in [-0.3, -0.25) is 14.6 Å². The summed E-state index contributed by atoms with van der Waals surface area (Å²) >= 11 is 0. The number of benzene rings is 2. The van der Waals surface area contributed by atoms with Gasteiger partial charge in [-0.25, -0.2) is 14.0 Å². The number of carbonyl (C=O) groups is 3. The minimum Gasteiger partial charge on any atom is -0.463 e. The van der Waals surface area contributed by atoms with E-state index in [9.17, 15) is 18.8 Å². The van der Waals surface area contributed by atoms with E-state index >= 15 is 0 Å². The molecular weight excluding hydrogens is 475 g/mol. The Kier molecular flexibility index (Phi) is 8.55. The first-order chi connectivity index (χ1) is 17.9. The quantitative estimate of drug-likeness (QED) is 0.579. The molecule has 0 aromatic heterocycles. The zero-order valence-electron chi connectivity index (χ0n) is 21.3. The molecule has 2 aliphatic heterocycles. The van der Waals surface area contributed by atoms with Crippen LogP contribution in [-0.2, 0) is 9.53 Å². The molecule has 0 radical (unpaired) electrons. The minimum absolute atomic E-state index is 0.00715. The molecule has 1 N–H and O–H groups in total. The minimum atomic E-state index is -0.830. The molecule has 9 heteroatoms. The van der Waals surface area contributed by atoms with Crippen LogP contribution in [0.3, 0.4) is 0 Å². The van der Waals surface area contributed by atoms with Crippen molar-refractivity contribution in [1.82, 2.24) is 20.0 Å². The van der Waals surface area contributed by atoms with Gasteiger partial charge in [0.25, 0.3) is 5.91 Å². The van der Waals surface area contributed by atoms with Gasteiger partial charge in [-0.15, -0.1) is 0 Å². The lowest BCUT2D eigenvalue weighted by Crippen LogP contribution is -2.51. The van der Waals surface area contributed by atoms with Gasteiger partial charge in [0.15, 0.2) is 0 Å². The van der Waals surface area contributed by atoms with Gasteiger partial charge in [0.1, 0.15) is 5.82 Å². The average Bonchev–Trinajstić information content (AvgIpc) is 3.14. The van der Waals surface area contributed by atoms with E-state index in [1.165, 1.54) is 12.1 Å². The van der Waals surface area contributed by atoms with E-state index in [2.05, 4.69) is 10.2 Å². The van der Waals surface area contributed by atoms with Gasteiger partial charge in [-0.05, 0) is 50.1 Å². The van der Waals surface area contributed by atoms with Crippen LogP contribution in [0.1, 0.15) is 42.2 Å². The van der Waals surface area contributed by atoms with Crippen molar-refractivity contribution < 1.29 is 23.5 Å². The van der Waals surface area contributed by atoms with Crippen molar-refractivity contribution in [2.45, 2.75) is 26.3 Å². The highest BCUT2D eigenvalue weighted by Crippen LogP contribution is 2.32. The summed E-state index contributed by atoms with van der Waals surface area (Å²) in [5.41, 5.74) is 1.97. The third-order valence-electron chi connectivity index (χ3n) is 6.70. The van der Waals surface area contributed by atoms with E-state index in [-0.39, 0.29) is 18.5 Å². The van der Waals surface area contributed by atoms with Crippen LogP contribution in [0.2, 0.25) is 0 Å². The first-order valence-electron chi connectivity index (χ1n) is 12.7. The second-order valence-electron chi connectivity index (χ2n) is 9.05. The summed E-state index contributed by atoms with van der Waals surface area (Å²) in [4.78, 5) is 44.8. The van der Waals surface area contributed by atoms with Crippen LogP contribution in [0.5, 0.6) is 0 Å². The number of amides is 3. The summed E-state index contributed by atoms with van der Waals surface area (Å²) in [6, 6.07) is 13.9. The molecule has 0 aliphatic carbocycles. The average molecular weight is 509 g/mol. The van der Waals surface area contributed by atoms with Gasteiger partial charge in [0, 0.05) is 50.5 Å². The molecule has 0 spiro atoms. The summed E-state index contributed by atoms with van der Waals surface area (Å²) in [5, 5.41) is 2.86. The summed E-state index contributed by atoms with van der Waals surface area (Å²) < 4.78 is 19.5. The first kappa shape index (κ1) is 26.3. The Morgan fingerprint density at radius 3 is 2.51 bits per heavy atom. The largest absolute Gasteiger partial charge is 0.463 e. The van der Waals surface area contributed by atoms with E-state index < -0.39 is 17.8 Å². The Morgan fingerprint density at radius 2 is 1.81 bits per heavy atom. The summed E-state index contributed by atoms with van der Waals surface area (Å²) in [5.74, 6) is -1.00. The van der Waals surface area contributed by atoms with Crippen LogP contribution in [0.15, 0.2) is 65.9 Å². The second-order valence-corrected chi connectivity index (χ2v) is 9.05. The fraction of sp³-hybridized carbons (Fsp3) is 0.393. The number of rotatable bonds is 7. The predicted molar refractivity (Wildman–Crippen MR) is 137 cm³/mol. The van der Waals surface area contributed by atoms with E-state index in [0.717, 1.165) is 6.42 Å². The molecule has 1 fully saturated rings. The Balaban J connectivity index is 1.63. The monoisotopic (exact) mass is 508 g/mol. The van der Waals surface area contributed by atoms with Crippen molar-refractivity contribution in [3.63, 3.8) is 0 Å². The third kappa shape index (κ3) is 5.99. The maximum absolute atomic E-state index is 14.1. The lowest BCUT2D eigenvalue weighted by atomic mass is 9.94. The first-order valence-corrected chi connectivity index (χ1v) is 12.7. The maximum atomic E-state index is 14.1. The predicted octanol–water partition coefficient (Wildman–Crippen LogP) is 3.58. The molecule has 0 bridgehead atoms. The SMILES string of the molecule is CCOC(=O)C1=C(CN2CCCN(C(=O)c3ccccc3)CC2)N(CC)C(=O)NC1c1cccc(F)c1. The van der Waals surface area contributed by atoms with E-state index in [1.807, 2.05) is 42.2 Å². The molecule has 0 saturated carbocycles.